The fourth-order valence-electron chi connectivity index (χ4n) is 0.993. The maximum atomic E-state index is 11.5. The third-order valence-corrected chi connectivity index (χ3v) is 1.82. The number of hydrogen-bond acceptors (Lipinski definition) is 4. The summed E-state index contributed by atoms with van der Waals surface area (Å²) in [6.45, 7) is 0. The molecule has 2 aromatic heterocycles. The van der Waals surface area contributed by atoms with Crippen LogP contribution < -0.4 is 5.32 Å². The predicted octanol–water partition coefficient (Wildman–Crippen LogP) is 1.98. The van der Waals surface area contributed by atoms with Gasteiger partial charge in [0.15, 0.2) is 11.0 Å². The summed E-state index contributed by atoms with van der Waals surface area (Å²) in [5.74, 6) is -0.249. The number of aromatic nitrogens is 2. The maximum absolute atomic E-state index is 11.5. The van der Waals surface area contributed by atoms with Gasteiger partial charge in [-0.2, -0.15) is 0 Å². The van der Waals surface area contributed by atoms with E-state index in [1.807, 2.05) is 0 Å². The highest BCUT2D eigenvalue weighted by Gasteiger charge is 2.10. The molecule has 1 N–H and O–H groups in total. The zero-order chi connectivity index (χ0) is 10.7. The first kappa shape index (κ1) is 9.67. The third kappa shape index (κ3) is 2.32. The molecule has 0 atom stereocenters. The molecule has 1 amide bonds. The Bertz CT molecular complexity index is 469. The van der Waals surface area contributed by atoms with Crippen molar-refractivity contribution in [1.82, 2.24) is 9.97 Å². The van der Waals surface area contributed by atoms with Crippen molar-refractivity contribution < 1.29 is 9.21 Å². The Morgan fingerprint density at radius 1 is 1.33 bits per heavy atom. The van der Waals surface area contributed by atoms with E-state index in [1.165, 1.54) is 30.9 Å². The number of nitrogens with zero attached hydrogens (tertiary/aromatic N) is 2. The fourth-order valence-corrected chi connectivity index (χ4v) is 1.14. The van der Waals surface area contributed by atoms with E-state index in [-0.39, 0.29) is 11.0 Å². The van der Waals surface area contributed by atoms with E-state index in [0.717, 1.165) is 0 Å². The van der Waals surface area contributed by atoms with E-state index in [0.29, 0.717) is 5.69 Å². The van der Waals surface area contributed by atoms with Crippen molar-refractivity contribution in [2.24, 2.45) is 0 Å². The highest BCUT2D eigenvalue weighted by molar-refractivity contribution is 6.29. The summed E-state index contributed by atoms with van der Waals surface area (Å²) in [6.07, 6.45) is 4.34. The number of halogens is 1. The van der Waals surface area contributed by atoms with Crippen LogP contribution in [0.1, 0.15) is 10.6 Å². The summed E-state index contributed by atoms with van der Waals surface area (Å²) in [4.78, 5) is 19.0. The van der Waals surface area contributed by atoms with Gasteiger partial charge in [0.25, 0.3) is 5.91 Å². The molecule has 0 aliphatic carbocycles. The molecule has 5 nitrogen and oxygen atoms in total. The first-order valence-electron chi connectivity index (χ1n) is 4.07. The Kier molecular flexibility index (Phi) is 2.64. The lowest BCUT2D eigenvalue weighted by Gasteiger charge is -2.00. The third-order valence-electron chi connectivity index (χ3n) is 1.62. The van der Waals surface area contributed by atoms with Gasteiger partial charge < -0.3 is 9.73 Å². The van der Waals surface area contributed by atoms with Gasteiger partial charge in [-0.05, 0) is 23.7 Å². The largest absolute Gasteiger partial charge is 0.440 e. The van der Waals surface area contributed by atoms with Crippen LogP contribution in [-0.2, 0) is 0 Å². The van der Waals surface area contributed by atoms with Crippen LogP contribution in [0, 0.1) is 0 Å². The Hall–Kier alpha value is -1.88. The number of carbonyl (C=O) groups is 1. The monoisotopic (exact) mass is 223 g/mol. The average molecular weight is 224 g/mol. The zero-order valence-electron chi connectivity index (χ0n) is 7.48. The van der Waals surface area contributed by atoms with Crippen molar-refractivity contribution in [3.63, 3.8) is 0 Å². The second-order valence-corrected chi connectivity index (χ2v) is 3.06. The van der Waals surface area contributed by atoms with E-state index in [2.05, 4.69) is 15.3 Å². The molecule has 2 aromatic rings. The molecule has 0 aliphatic heterocycles. The molecule has 0 saturated carbocycles. The van der Waals surface area contributed by atoms with Crippen LogP contribution in [0.3, 0.4) is 0 Å². The number of rotatable bonds is 2. The van der Waals surface area contributed by atoms with Gasteiger partial charge in [0.1, 0.15) is 6.33 Å². The Labute approximate surface area is 90.1 Å². The standard InChI is InChI=1S/C9H6ClN3O2/c10-8-2-1-7(15-8)9(14)13-6-3-11-5-12-4-6/h1-5H,(H,13,14). The summed E-state index contributed by atoms with van der Waals surface area (Å²) in [5.41, 5.74) is 0.495. The van der Waals surface area contributed by atoms with Crippen LogP contribution in [0.5, 0.6) is 0 Å². The van der Waals surface area contributed by atoms with Crippen LogP contribution >= 0.6 is 11.6 Å². The number of furan rings is 1. The van der Waals surface area contributed by atoms with Crippen molar-refractivity contribution >= 4 is 23.2 Å². The molecule has 0 radical (unpaired) electrons. The minimum Gasteiger partial charge on any atom is -0.440 e. The van der Waals surface area contributed by atoms with E-state index >= 15 is 0 Å². The van der Waals surface area contributed by atoms with Crippen LogP contribution in [0.4, 0.5) is 5.69 Å². The first-order chi connectivity index (χ1) is 7.25. The molecular weight excluding hydrogens is 218 g/mol. The van der Waals surface area contributed by atoms with Crippen LogP contribution in [0.2, 0.25) is 5.22 Å². The van der Waals surface area contributed by atoms with Gasteiger partial charge in [-0.25, -0.2) is 9.97 Å². The van der Waals surface area contributed by atoms with Gasteiger partial charge >= 0.3 is 0 Å². The normalized spacial score (nSPS) is 9.93. The highest BCUT2D eigenvalue weighted by atomic mass is 35.5. The molecule has 0 aromatic carbocycles. The number of carbonyl (C=O) groups excluding carboxylic acids is 1. The lowest BCUT2D eigenvalue weighted by molar-refractivity contribution is 0.0996. The van der Waals surface area contributed by atoms with Gasteiger partial charge in [-0.15, -0.1) is 0 Å². The summed E-state index contributed by atoms with van der Waals surface area (Å²) in [5, 5.41) is 2.73. The zero-order valence-corrected chi connectivity index (χ0v) is 8.23. The molecule has 0 fully saturated rings. The minimum atomic E-state index is -0.392. The maximum Gasteiger partial charge on any atom is 0.291 e. The quantitative estimate of drug-likeness (QED) is 0.845. The molecule has 0 saturated heterocycles. The van der Waals surface area contributed by atoms with E-state index < -0.39 is 5.91 Å². The van der Waals surface area contributed by atoms with E-state index in [1.54, 1.807) is 0 Å². The summed E-state index contributed by atoms with van der Waals surface area (Å²) in [7, 11) is 0. The van der Waals surface area contributed by atoms with Crippen LogP contribution in [-0.4, -0.2) is 15.9 Å². The molecule has 0 unspecified atom stereocenters. The number of nitrogens with one attached hydrogen (secondary N) is 1. The smallest absolute Gasteiger partial charge is 0.291 e. The molecule has 0 bridgehead atoms. The predicted molar refractivity (Wildman–Crippen MR) is 53.7 cm³/mol. The summed E-state index contributed by atoms with van der Waals surface area (Å²) in [6, 6.07) is 2.99. The Morgan fingerprint density at radius 3 is 2.67 bits per heavy atom. The van der Waals surface area contributed by atoms with Crippen molar-refractivity contribution in [2.75, 3.05) is 5.32 Å². The first-order valence-corrected chi connectivity index (χ1v) is 4.45. The fraction of sp³-hybridized carbons (Fsp3) is 0. The molecule has 0 aliphatic rings. The summed E-state index contributed by atoms with van der Waals surface area (Å²) < 4.78 is 4.93. The van der Waals surface area contributed by atoms with Gasteiger partial charge in [0.05, 0.1) is 18.1 Å². The van der Waals surface area contributed by atoms with Crippen LogP contribution in [0.25, 0.3) is 0 Å². The Morgan fingerprint density at radius 2 is 2.07 bits per heavy atom. The Balaban J connectivity index is 2.11. The van der Waals surface area contributed by atoms with Crippen molar-refractivity contribution in [1.29, 1.82) is 0 Å². The molecule has 6 heteroatoms. The van der Waals surface area contributed by atoms with Crippen LogP contribution in [0.15, 0.2) is 35.3 Å². The van der Waals surface area contributed by atoms with Gasteiger partial charge in [0.2, 0.25) is 0 Å². The molecule has 2 rings (SSSR count). The second kappa shape index (κ2) is 4.10. The molecule has 2 heterocycles. The lowest BCUT2D eigenvalue weighted by Crippen LogP contribution is -2.11. The minimum absolute atomic E-state index is 0.142. The van der Waals surface area contributed by atoms with Crippen molar-refractivity contribution in [2.45, 2.75) is 0 Å². The molecule has 15 heavy (non-hydrogen) atoms. The topological polar surface area (TPSA) is 68.0 Å². The molecule has 0 spiro atoms. The van der Waals surface area contributed by atoms with E-state index in [4.69, 9.17) is 16.0 Å². The van der Waals surface area contributed by atoms with E-state index in [9.17, 15) is 4.79 Å². The highest BCUT2D eigenvalue weighted by Crippen LogP contribution is 2.14. The second-order valence-electron chi connectivity index (χ2n) is 2.69. The van der Waals surface area contributed by atoms with Crippen molar-refractivity contribution in [3.8, 4) is 0 Å². The van der Waals surface area contributed by atoms with Gasteiger partial charge in [-0.3, -0.25) is 4.79 Å². The van der Waals surface area contributed by atoms with Gasteiger partial charge in [0, 0.05) is 0 Å². The SMILES string of the molecule is O=C(Nc1cncnc1)c1ccc(Cl)o1. The molecule has 76 valence electrons. The number of anilines is 1. The average Bonchev–Trinajstić information content (AvgIpc) is 2.66. The van der Waals surface area contributed by atoms with Gasteiger partial charge in [-0.1, -0.05) is 0 Å². The number of hydrogen-bond donors (Lipinski definition) is 1. The lowest BCUT2D eigenvalue weighted by atomic mass is 10.4. The number of amides is 1. The summed E-state index contributed by atoms with van der Waals surface area (Å²) >= 11 is 5.54. The molecular formula is C9H6ClN3O2. The van der Waals surface area contributed by atoms with Crippen molar-refractivity contribution in [3.05, 3.63) is 41.8 Å².